The minimum Gasteiger partial charge on any atom is -0.375 e. The van der Waals surface area contributed by atoms with Crippen LogP contribution in [0.2, 0.25) is 0 Å². The summed E-state index contributed by atoms with van der Waals surface area (Å²) < 4.78 is 11.9. The number of rotatable bonds is 6. The maximum Gasteiger partial charge on any atom is 0.194 e. The van der Waals surface area contributed by atoms with E-state index in [-0.39, 0.29) is 36.2 Å². The highest BCUT2D eigenvalue weighted by Crippen LogP contribution is 2.23. The largest absolute Gasteiger partial charge is 0.375 e. The van der Waals surface area contributed by atoms with Crippen LogP contribution in [-0.2, 0) is 22.4 Å². The molecule has 0 saturated carbocycles. The molecule has 1 N–H and O–H groups in total. The number of guanidine groups is 1. The van der Waals surface area contributed by atoms with E-state index in [9.17, 15) is 0 Å². The molecule has 0 bridgehead atoms. The van der Waals surface area contributed by atoms with Crippen LogP contribution in [0, 0.1) is 0 Å². The number of fused-ring (bicyclic) bond motifs is 1. The molecule has 4 rings (SSSR count). The molecule has 0 radical (unpaired) electrons. The number of nitrogens with one attached hydrogen (secondary N) is 1. The summed E-state index contributed by atoms with van der Waals surface area (Å²) in [4.78, 5) is 10.1. The quantitative estimate of drug-likeness (QED) is 0.340. The minimum absolute atomic E-state index is 0. The molecule has 3 aliphatic rings. The zero-order valence-electron chi connectivity index (χ0n) is 19.1. The Hall–Kier alpha value is -0.900. The maximum absolute atomic E-state index is 6.04. The molecule has 1 aromatic rings. The number of halogens is 1. The summed E-state index contributed by atoms with van der Waals surface area (Å²) in [7, 11) is 0. The Kier molecular flexibility index (Phi) is 9.87. The van der Waals surface area contributed by atoms with E-state index < -0.39 is 0 Å². The first-order valence-electron chi connectivity index (χ1n) is 11.9. The number of ether oxygens (including phenoxy) is 2. The molecular formula is C24H39IN4O2. The number of hydrogen-bond acceptors (Lipinski definition) is 4. The molecule has 2 saturated heterocycles. The molecule has 0 aliphatic carbocycles. The minimum atomic E-state index is 0. The molecule has 3 heterocycles. The van der Waals surface area contributed by atoms with Crippen molar-refractivity contribution in [1.82, 2.24) is 15.1 Å². The highest BCUT2D eigenvalue weighted by molar-refractivity contribution is 14.0. The molecule has 174 valence electrons. The van der Waals surface area contributed by atoms with Gasteiger partial charge in [-0.25, -0.2) is 0 Å². The molecule has 6 nitrogen and oxygen atoms in total. The first-order valence-corrected chi connectivity index (χ1v) is 11.9. The average Bonchev–Trinajstić information content (AvgIpc) is 3.34. The number of aliphatic imine (C=N–C) groups is 1. The van der Waals surface area contributed by atoms with Crippen LogP contribution < -0.4 is 5.32 Å². The van der Waals surface area contributed by atoms with E-state index in [1.54, 1.807) is 0 Å². The van der Waals surface area contributed by atoms with Gasteiger partial charge in [0.05, 0.1) is 19.3 Å². The van der Waals surface area contributed by atoms with Gasteiger partial charge in [-0.2, -0.15) is 0 Å². The van der Waals surface area contributed by atoms with Gasteiger partial charge in [0, 0.05) is 45.4 Å². The van der Waals surface area contributed by atoms with E-state index >= 15 is 0 Å². The van der Waals surface area contributed by atoms with E-state index in [0.29, 0.717) is 6.04 Å². The lowest BCUT2D eigenvalue weighted by Gasteiger charge is -2.38. The smallest absolute Gasteiger partial charge is 0.194 e. The molecule has 1 aromatic carbocycles. The highest BCUT2D eigenvalue weighted by Gasteiger charge is 2.32. The van der Waals surface area contributed by atoms with Gasteiger partial charge < -0.3 is 19.7 Å². The van der Waals surface area contributed by atoms with Gasteiger partial charge in [0.2, 0.25) is 0 Å². The lowest BCUT2D eigenvalue weighted by atomic mass is 9.98. The van der Waals surface area contributed by atoms with Gasteiger partial charge in [-0.05, 0) is 43.7 Å². The van der Waals surface area contributed by atoms with Gasteiger partial charge in [0.1, 0.15) is 6.10 Å². The van der Waals surface area contributed by atoms with Crippen LogP contribution >= 0.6 is 24.0 Å². The summed E-state index contributed by atoms with van der Waals surface area (Å²) in [5.41, 5.74) is 2.99. The van der Waals surface area contributed by atoms with Gasteiger partial charge in [0.25, 0.3) is 0 Å². The number of benzene rings is 1. The van der Waals surface area contributed by atoms with Gasteiger partial charge >= 0.3 is 0 Å². The summed E-state index contributed by atoms with van der Waals surface area (Å²) in [6.45, 7) is 11.7. The Balaban J connectivity index is 0.00000272. The van der Waals surface area contributed by atoms with Crippen molar-refractivity contribution in [3.05, 3.63) is 35.4 Å². The normalized spacial score (nSPS) is 25.6. The van der Waals surface area contributed by atoms with Crippen LogP contribution in [-0.4, -0.2) is 79.9 Å². The standard InChI is InChI=1S/C24H38N4O2.HI/c1-3-21(27-12-11-19-8-5-6-9-20(19)17-27)16-26-24(25-4-2)28-13-15-30-23(18-28)22-10-7-14-29-22;/h5-6,8-9,21-23H,3-4,7,10-18H2,1-2H3,(H,25,26);1H. The molecule has 31 heavy (non-hydrogen) atoms. The molecule has 3 atom stereocenters. The van der Waals surface area contributed by atoms with E-state index in [1.165, 1.54) is 11.1 Å². The first kappa shape index (κ1) is 24.7. The Morgan fingerprint density at radius 2 is 1.94 bits per heavy atom. The monoisotopic (exact) mass is 542 g/mol. The van der Waals surface area contributed by atoms with Gasteiger partial charge in [-0.1, -0.05) is 31.2 Å². The fraction of sp³-hybridized carbons (Fsp3) is 0.708. The fourth-order valence-electron chi connectivity index (χ4n) is 4.94. The van der Waals surface area contributed by atoms with Crippen molar-refractivity contribution in [2.45, 2.75) is 64.3 Å². The Morgan fingerprint density at radius 3 is 2.68 bits per heavy atom. The number of morpholine rings is 1. The van der Waals surface area contributed by atoms with E-state index in [4.69, 9.17) is 14.5 Å². The summed E-state index contributed by atoms with van der Waals surface area (Å²) in [6.07, 6.45) is 4.92. The maximum atomic E-state index is 6.04. The van der Waals surface area contributed by atoms with Gasteiger partial charge in [-0.15, -0.1) is 24.0 Å². The molecule has 2 fully saturated rings. The van der Waals surface area contributed by atoms with Crippen molar-refractivity contribution in [2.24, 2.45) is 4.99 Å². The van der Waals surface area contributed by atoms with Crippen molar-refractivity contribution in [2.75, 3.05) is 45.9 Å². The lowest BCUT2D eigenvalue weighted by Crippen LogP contribution is -2.53. The van der Waals surface area contributed by atoms with Crippen LogP contribution in [0.5, 0.6) is 0 Å². The number of hydrogen-bond donors (Lipinski definition) is 1. The predicted molar refractivity (Wildman–Crippen MR) is 136 cm³/mol. The summed E-state index contributed by atoms with van der Waals surface area (Å²) in [6, 6.07) is 9.35. The van der Waals surface area contributed by atoms with Crippen molar-refractivity contribution < 1.29 is 9.47 Å². The first-order chi connectivity index (χ1) is 14.8. The average molecular weight is 543 g/mol. The van der Waals surface area contributed by atoms with E-state index in [0.717, 1.165) is 84.1 Å². The van der Waals surface area contributed by atoms with Crippen LogP contribution in [0.1, 0.15) is 44.2 Å². The zero-order valence-corrected chi connectivity index (χ0v) is 21.4. The molecule has 0 aromatic heterocycles. The van der Waals surface area contributed by atoms with Crippen LogP contribution in [0.15, 0.2) is 29.3 Å². The zero-order chi connectivity index (χ0) is 20.8. The van der Waals surface area contributed by atoms with Crippen LogP contribution in [0.4, 0.5) is 0 Å². The molecular weight excluding hydrogens is 503 g/mol. The Morgan fingerprint density at radius 1 is 1.13 bits per heavy atom. The molecule has 3 unspecified atom stereocenters. The number of nitrogens with zero attached hydrogens (tertiary/aromatic N) is 3. The lowest BCUT2D eigenvalue weighted by molar-refractivity contribution is -0.0817. The van der Waals surface area contributed by atoms with Crippen molar-refractivity contribution >= 4 is 29.9 Å². The molecule has 0 spiro atoms. The molecule has 0 amide bonds. The predicted octanol–water partition coefficient (Wildman–Crippen LogP) is 3.29. The van der Waals surface area contributed by atoms with Crippen LogP contribution in [0.25, 0.3) is 0 Å². The summed E-state index contributed by atoms with van der Waals surface area (Å²) in [5, 5.41) is 3.52. The Labute approximate surface area is 204 Å². The van der Waals surface area contributed by atoms with E-state index in [1.807, 2.05) is 0 Å². The second kappa shape index (κ2) is 12.4. The Bertz CT molecular complexity index is 711. The van der Waals surface area contributed by atoms with Crippen molar-refractivity contribution in [3.8, 4) is 0 Å². The second-order valence-electron chi connectivity index (χ2n) is 8.65. The van der Waals surface area contributed by atoms with Gasteiger partial charge in [0.15, 0.2) is 5.96 Å². The topological polar surface area (TPSA) is 49.3 Å². The summed E-state index contributed by atoms with van der Waals surface area (Å²) >= 11 is 0. The molecule has 7 heteroatoms. The third-order valence-electron chi connectivity index (χ3n) is 6.71. The fourth-order valence-corrected chi connectivity index (χ4v) is 4.94. The third-order valence-corrected chi connectivity index (χ3v) is 6.71. The second-order valence-corrected chi connectivity index (χ2v) is 8.65. The van der Waals surface area contributed by atoms with Gasteiger partial charge in [-0.3, -0.25) is 9.89 Å². The van der Waals surface area contributed by atoms with Crippen molar-refractivity contribution in [1.29, 1.82) is 0 Å². The SMILES string of the molecule is CCNC(=NCC(CC)N1CCc2ccccc2C1)N1CCOC(C2CCCO2)C1.I. The third kappa shape index (κ3) is 6.33. The highest BCUT2D eigenvalue weighted by atomic mass is 127. The van der Waals surface area contributed by atoms with Crippen molar-refractivity contribution in [3.63, 3.8) is 0 Å². The molecule has 3 aliphatic heterocycles. The van der Waals surface area contributed by atoms with E-state index in [2.05, 4.69) is 53.2 Å². The summed E-state index contributed by atoms with van der Waals surface area (Å²) in [5.74, 6) is 1.03. The van der Waals surface area contributed by atoms with Crippen LogP contribution in [0.3, 0.4) is 0 Å².